The first-order valence-corrected chi connectivity index (χ1v) is 9.01. The van der Waals surface area contributed by atoms with Crippen LogP contribution in [0.25, 0.3) is 0 Å². The molecule has 1 amide bonds. The SMILES string of the molecule is CCc1ccc(C2=NN(C(=O)c3cccc(Br)c3)[C@](O)(C(F)(F)F)C2)cc1. The minimum atomic E-state index is -5.07. The van der Waals surface area contributed by atoms with Gasteiger partial charge in [-0.3, -0.25) is 4.79 Å². The molecule has 142 valence electrons. The molecule has 0 aliphatic carbocycles. The first-order valence-electron chi connectivity index (χ1n) is 8.21. The van der Waals surface area contributed by atoms with Crippen LogP contribution >= 0.6 is 15.9 Å². The van der Waals surface area contributed by atoms with Gasteiger partial charge in [0.25, 0.3) is 11.6 Å². The summed E-state index contributed by atoms with van der Waals surface area (Å²) < 4.78 is 41.4. The van der Waals surface area contributed by atoms with Crippen molar-refractivity contribution in [2.24, 2.45) is 5.10 Å². The van der Waals surface area contributed by atoms with E-state index in [2.05, 4.69) is 21.0 Å². The number of aryl methyl sites for hydroxylation is 1. The van der Waals surface area contributed by atoms with E-state index in [9.17, 15) is 23.1 Å². The molecule has 1 heterocycles. The Bertz CT molecular complexity index is 897. The number of carbonyl (C=O) groups excluding carboxylic acids is 1. The lowest BCUT2D eigenvalue weighted by Crippen LogP contribution is -2.56. The molecule has 27 heavy (non-hydrogen) atoms. The third-order valence-electron chi connectivity index (χ3n) is 4.40. The van der Waals surface area contributed by atoms with Crippen molar-refractivity contribution in [1.29, 1.82) is 0 Å². The van der Waals surface area contributed by atoms with Crippen LogP contribution in [0.15, 0.2) is 58.1 Å². The van der Waals surface area contributed by atoms with Crippen LogP contribution in [0.5, 0.6) is 0 Å². The second kappa shape index (κ2) is 7.09. The van der Waals surface area contributed by atoms with Gasteiger partial charge in [0.1, 0.15) is 0 Å². The number of aliphatic hydroxyl groups is 1. The summed E-state index contributed by atoms with van der Waals surface area (Å²) in [7, 11) is 0. The monoisotopic (exact) mass is 440 g/mol. The highest BCUT2D eigenvalue weighted by atomic mass is 79.9. The number of nitrogens with zero attached hydrogens (tertiary/aromatic N) is 2. The molecule has 0 spiro atoms. The molecule has 1 atom stereocenters. The minimum absolute atomic E-state index is 0.000764. The zero-order chi connectivity index (χ0) is 19.8. The Balaban J connectivity index is 2.03. The summed E-state index contributed by atoms with van der Waals surface area (Å²) in [5.74, 6) is -1.03. The lowest BCUT2D eigenvalue weighted by molar-refractivity contribution is -0.297. The quantitative estimate of drug-likeness (QED) is 0.762. The molecule has 1 aliphatic rings. The molecule has 3 rings (SSSR count). The summed E-state index contributed by atoms with van der Waals surface area (Å²) in [5, 5.41) is 14.4. The van der Waals surface area contributed by atoms with E-state index in [4.69, 9.17) is 0 Å². The highest BCUT2D eigenvalue weighted by Crippen LogP contribution is 2.42. The number of alkyl halides is 3. The topological polar surface area (TPSA) is 52.9 Å². The van der Waals surface area contributed by atoms with Gasteiger partial charge in [-0.2, -0.15) is 23.3 Å². The van der Waals surface area contributed by atoms with Crippen LogP contribution in [0.1, 0.15) is 34.8 Å². The molecule has 2 aromatic rings. The van der Waals surface area contributed by atoms with Crippen LogP contribution in [0.2, 0.25) is 0 Å². The van der Waals surface area contributed by atoms with E-state index in [0.29, 0.717) is 10.0 Å². The summed E-state index contributed by atoms with van der Waals surface area (Å²) in [6.07, 6.45) is -5.11. The number of rotatable bonds is 3. The molecule has 1 aliphatic heterocycles. The van der Waals surface area contributed by atoms with Crippen LogP contribution in [-0.2, 0) is 6.42 Å². The van der Waals surface area contributed by atoms with E-state index in [-0.39, 0.29) is 16.3 Å². The number of hydrogen-bond donors (Lipinski definition) is 1. The second-order valence-corrected chi connectivity index (χ2v) is 7.13. The number of amides is 1. The molecule has 0 saturated carbocycles. The van der Waals surface area contributed by atoms with Crippen LogP contribution in [0.3, 0.4) is 0 Å². The van der Waals surface area contributed by atoms with Gasteiger partial charge in [-0.05, 0) is 35.7 Å². The molecule has 0 aromatic heterocycles. The van der Waals surface area contributed by atoms with E-state index < -0.39 is 24.2 Å². The average Bonchev–Trinajstić information content (AvgIpc) is 3.00. The standard InChI is InChI=1S/C19H16BrF3N2O2/c1-2-12-6-8-13(9-7-12)16-11-18(27,19(21,22)23)25(24-16)17(26)14-4-3-5-15(20)10-14/h3-10,27H,2,11H2,1H3/t18-/m1/s1. The van der Waals surface area contributed by atoms with Gasteiger partial charge in [-0.15, -0.1) is 0 Å². The third kappa shape index (κ3) is 3.64. The number of carbonyl (C=O) groups is 1. The number of hydrogen-bond acceptors (Lipinski definition) is 3. The smallest absolute Gasteiger partial charge is 0.362 e. The fraction of sp³-hybridized carbons (Fsp3) is 0.263. The molecule has 0 unspecified atom stereocenters. The van der Waals surface area contributed by atoms with Gasteiger partial charge >= 0.3 is 6.18 Å². The van der Waals surface area contributed by atoms with Crippen molar-refractivity contribution in [1.82, 2.24) is 5.01 Å². The fourth-order valence-electron chi connectivity index (χ4n) is 2.82. The fourth-order valence-corrected chi connectivity index (χ4v) is 3.22. The van der Waals surface area contributed by atoms with Gasteiger partial charge in [0, 0.05) is 10.0 Å². The Kier molecular flexibility index (Phi) is 5.14. The van der Waals surface area contributed by atoms with Gasteiger partial charge < -0.3 is 5.11 Å². The van der Waals surface area contributed by atoms with E-state index in [1.165, 1.54) is 18.2 Å². The normalized spacial score (nSPS) is 19.9. The van der Waals surface area contributed by atoms with Crippen LogP contribution in [0.4, 0.5) is 13.2 Å². The molecule has 4 nitrogen and oxygen atoms in total. The van der Waals surface area contributed by atoms with Crippen molar-refractivity contribution in [3.05, 3.63) is 69.7 Å². The summed E-state index contributed by atoms with van der Waals surface area (Å²) in [6.45, 7) is 1.96. The van der Waals surface area contributed by atoms with E-state index in [0.717, 1.165) is 12.0 Å². The molecule has 0 bridgehead atoms. The molecular formula is C19H16BrF3N2O2. The first-order chi connectivity index (χ1) is 12.7. The Morgan fingerprint density at radius 1 is 1.26 bits per heavy atom. The Labute approximate surface area is 162 Å². The first kappa shape index (κ1) is 19.6. The predicted molar refractivity (Wildman–Crippen MR) is 98.3 cm³/mol. The minimum Gasteiger partial charge on any atom is -0.362 e. The molecule has 8 heteroatoms. The lowest BCUT2D eigenvalue weighted by Gasteiger charge is -2.32. The predicted octanol–water partition coefficient (Wildman–Crippen LogP) is 4.51. The number of halogens is 4. The highest BCUT2D eigenvalue weighted by Gasteiger charge is 2.63. The van der Waals surface area contributed by atoms with Gasteiger partial charge in [-0.25, -0.2) is 0 Å². The Morgan fingerprint density at radius 2 is 1.93 bits per heavy atom. The zero-order valence-electron chi connectivity index (χ0n) is 14.3. The average molecular weight is 441 g/mol. The summed E-state index contributed by atoms with van der Waals surface area (Å²) in [6, 6.07) is 12.8. The van der Waals surface area contributed by atoms with Gasteiger partial charge in [-0.1, -0.05) is 53.2 Å². The van der Waals surface area contributed by atoms with Crippen molar-refractivity contribution < 1.29 is 23.1 Å². The van der Waals surface area contributed by atoms with Crippen molar-refractivity contribution in [2.45, 2.75) is 31.7 Å². The molecule has 2 aromatic carbocycles. The van der Waals surface area contributed by atoms with Crippen LogP contribution in [-0.4, -0.2) is 33.6 Å². The van der Waals surface area contributed by atoms with Crippen LogP contribution in [0, 0.1) is 0 Å². The summed E-state index contributed by atoms with van der Waals surface area (Å²) in [4.78, 5) is 12.7. The van der Waals surface area contributed by atoms with Crippen molar-refractivity contribution >= 4 is 27.5 Å². The maximum Gasteiger partial charge on any atom is 0.438 e. The molecular weight excluding hydrogens is 425 g/mol. The zero-order valence-corrected chi connectivity index (χ0v) is 15.9. The van der Waals surface area contributed by atoms with Crippen molar-refractivity contribution in [3.8, 4) is 0 Å². The van der Waals surface area contributed by atoms with Crippen molar-refractivity contribution in [3.63, 3.8) is 0 Å². The maximum absolute atomic E-state index is 13.6. The van der Waals surface area contributed by atoms with Gasteiger partial charge in [0.05, 0.1) is 12.1 Å². The van der Waals surface area contributed by atoms with E-state index >= 15 is 0 Å². The summed E-state index contributed by atoms with van der Waals surface area (Å²) in [5.41, 5.74) is -1.96. The molecule has 0 fully saturated rings. The lowest BCUT2D eigenvalue weighted by atomic mass is 9.99. The number of hydrazone groups is 1. The Morgan fingerprint density at radius 3 is 2.48 bits per heavy atom. The van der Waals surface area contributed by atoms with Gasteiger partial charge in [0.2, 0.25) is 0 Å². The van der Waals surface area contributed by atoms with Crippen molar-refractivity contribution in [2.75, 3.05) is 0 Å². The third-order valence-corrected chi connectivity index (χ3v) is 4.89. The highest BCUT2D eigenvalue weighted by molar-refractivity contribution is 9.10. The Hall–Kier alpha value is -2.19. The summed E-state index contributed by atoms with van der Waals surface area (Å²) >= 11 is 3.18. The van der Waals surface area contributed by atoms with E-state index in [1.54, 1.807) is 30.3 Å². The van der Waals surface area contributed by atoms with Gasteiger partial charge in [0.15, 0.2) is 0 Å². The maximum atomic E-state index is 13.6. The molecule has 1 N–H and O–H groups in total. The van der Waals surface area contributed by atoms with Crippen LogP contribution < -0.4 is 0 Å². The number of benzene rings is 2. The largest absolute Gasteiger partial charge is 0.438 e. The molecule has 0 saturated heterocycles. The molecule has 0 radical (unpaired) electrons. The van der Waals surface area contributed by atoms with E-state index in [1.807, 2.05) is 6.92 Å². The second-order valence-electron chi connectivity index (χ2n) is 6.22.